The van der Waals surface area contributed by atoms with Crippen LogP contribution in [0.2, 0.25) is 0 Å². The van der Waals surface area contributed by atoms with Gasteiger partial charge in [-0.05, 0) is 30.5 Å². The van der Waals surface area contributed by atoms with Gasteiger partial charge in [-0.3, -0.25) is 4.79 Å². The number of phenols is 1. The fourth-order valence-electron chi connectivity index (χ4n) is 2.67. The van der Waals surface area contributed by atoms with E-state index in [0.717, 1.165) is 0 Å². The van der Waals surface area contributed by atoms with Crippen LogP contribution < -0.4 is 5.56 Å². The van der Waals surface area contributed by atoms with E-state index in [9.17, 15) is 20.1 Å². The number of aliphatic hydroxyl groups is 2. The molecule has 0 aliphatic carbocycles. The number of aromatic hydroxyl groups is 1. The average Bonchev–Trinajstić information content (AvgIpc) is 2.59. The Hall–Kier alpha value is -0.890. The van der Waals surface area contributed by atoms with E-state index < -0.39 is 12.2 Å². The van der Waals surface area contributed by atoms with E-state index in [1.165, 1.54) is 6.07 Å². The molecule has 5 nitrogen and oxygen atoms in total. The van der Waals surface area contributed by atoms with Gasteiger partial charge in [0.05, 0.1) is 17.7 Å². The van der Waals surface area contributed by atoms with E-state index in [0.29, 0.717) is 23.8 Å². The third-order valence-corrected chi connectivity index (χ3v) is 6.45. The zero-order valence-electron chi connectivity index (χ0n) is 13.5. The van der Waals surface area contributed by atoms with Gasteiger partial charge in [0.25, 0.3) is 0 Å². The van der Waals surface area contributed by atoms with E-state index in [2.05, 4.69) is 36.8 Å². The third kappa shape index (κ3) is 3.69. The maximum absolute atomic E-state index is 11.7. The first-order valence-electron chi connectivity index (χ1n) is 7.84. The number of aromatic amines is 1. The van der Waals surface area contributed by atoms with Gasteiger partial charge in [-0.15, -0.1) is 0 Å². The molecule has 0 spiro atoms. The molecule has 4 N–H and O–H groups in total. The van der Waals surface area contributed by atoms with Gasteiger partial charge in [-0.1, -0.05) is 45.7 Å². The minimum atomic E-state index is -0.968. The van der Waals surface area contributed by atoms with E-state index in [4.69, 9.17) is 0 Å². The smallest absolute Gasteiger partial charge is 0.248 e. The number of rotatable bonds is 6. The summed E-state index contributed by atoms with van der Waals surface area (Å²) in [5, 5.41) is 32.2. The molecule has 0 aliphatic rings. The number of hydrogen-bond donors (Lipinski definition) is 4. The molecular weight excluding hydrogens is 442 g/mol. The summed E-state index contributed by atoms with van der Waals surface area (Å²) < 4.78 is 0. The molecule has 0 bridgehead atoms. The van der Waals surface area contributed by atoms with Gasteiger partial charge < -0.3 is 20.3 Å². The summed E-state index contributed by atoms with van der Waals surface area (Å²) in [6.45, 7) is 3.85. The monoisotopic (exact) mass is 461 g/mol. The summed E-state index contributed by atoms with van der Waals surface area (Å²) in [5.41, 5.74) is 0.687. The Morgan fingerprint density at radius 2 is 1.58 bits per heavy atom. The standard InChI is InChI=1S/C17H21Br2NO4/c1-3-11(18)15(22)9-7-10(16(23)12(19)4-2)17(24)14-8(9)5-6-13(21)20-14/h5-7,11-12,15-16,22-24H,3-4H2,1-2H3,(H,20,21). The summed E-state index contributed by atoms with van der Waals surface area (Å²) in [6, 6.07) is 4.53. The molecule has 4 unspecified atom stereocenters. The Morgan fingerprint density at radius 3 is 2.12 bits per heavy atom. The lowest BCUT2D eigenvalue weighted by molar-refractivity contribution is 0.167. The predicted molar refractivity (Wildman–Crippen MR) is 102 cm³/mol. The Balaban J connectivity index is 2.76. The molecule has 132 valence electrons. The molecule has 0 fully saturated rings. The molecule has 1 heterocycles. The van der Waals surface area contributed by atoms with E-state index >= 15 is 0 Å². The van der Waals surface area contributed by atoms with E-state index in [1.807, 2.05) is 13.8 Å². The topological polar surface area (TPSA) is 93.5 Å². The second-order valence-electron chi connectivity index (χ2n) is 5.75. The largest absolute Gasteiger partial charge is 0.505 e. The molecule has 2 rings (SSSR count). The number of hydrogen-bond acceptors (Lipinski definition) is 4. The van der Waals surface area contributed by atoms with Crippen LogP contribution in [0.3, 0.4) is 0 Å². The third-order valence-electron chi connectivity index (χ3n) is 4.15. The molecule has 7 heteroatoms. The minimum Gasteiger partial charge on any atom is -0.505 e. The van der Waals surface area contributed by atoms with Gasteiger partial charge in [0.1, 0.15) is 5.75 Å². The second-order valence-corrected chi connectivity index (χ2v) is 8.11. The first kappa shape index (κ1) is 19.4. The van der Waals surface area contributed by atoms with Crippen molar-refractivity contribution in [2.24, 2.45) is 0 Å². The van der Waals surface area contributed by atoms with Gasteiger partial charge in [0.2, 0.25) is 5.56 Å². The molecule has 24 heavy (non-hydrogen) atoms. The van der Waals surface area contributed by atoms with Crippen molar-refractivity contribution in [2.75, 3.05) is 0 Å². The number of phenolic OH excluding ortho intramolecular Hbond substituents is 1. The van der Waals surface area contributed by atoms with Crippen molar-refractivity contribution in [3.8, 4) is 5.75 Å². The average molecular weight is 463 g/mol. The number of pyridine rings is 1. The summed E-state index contributed by atoms with van der Waals surface area (Å²) in [7, 11) is 0. The van der Waals surface area contributed by atoms with Crippen LogP contribution in [0.1, 0.15) is 50.0 Å². The van der Waals surface area contributed by atoms with Crippen LogP contribution >= 0.6 is 31.9 Å². The summed E-state index contributed by atoms with van der Waals surface area (Å²) >= 11 is 6.84. The highest BCUT2D eigenvalue weighted by Crippen LogP contribution is 2.40. The van der Waals surface area contributed by atoms with Gasteiger partial charge in [-0.2, -0.15) is 0 Å². The van der Waals surface area contributed by atoms with Crippen LogP contribution in [0.4, 0.5) is 0 Å². The first-order chi connectivity index (χ1) is 11.3. The van der Waals surface area contributed by atoms with Crippen LogP contribution in [0.15, 0.2) is 23.0 Å². The molecule has 0 radical (unpaired) electrons. The Bertz CT molecular complexity index is 777. The normalized spacial score (nSPS) is 16.8. The summed E-state index contributed by atoms with van der Waals surface area (Å²) in [6.07, 6.45) is -0.464. The highest BCUT2D eigenvalue weighted by molar-refractivity contribution is 9.09. The number of alkyl halides is 2. The molecule has 0 aliphatic heterocycles. The van der Waals surface area contributed by atoms with Gasteiger partial charge in [0, 0.05) is 26.7 Å². The second kappa shape index (κ2) is 7.99. The number of aromatic nitrogens is 1. The molecule has 1 aromatic heterocycles. The SMILES string of the molecule is CCC(Br)C(O)c1cc(C(O)C(Br)CC)c2ccc(=O)[nH]c2c1O. The van der Waals surface area contributed by atoms with Crippen molar-refractivity contribution in [1.29, 1.82) is 0 Å². The Morgan fingerprint density at radius 1 is 1.04 bits per heavy atom. The molecule has 0 amide bonds. The number of nitrogens with one attached hydrogen (secondary N) is 1. The number of H-pyrrole nitrogens is 1. The lowest BCUT2D eigenvalue weighted by atomic mass is 9.93. The van der Waals surface area contributed by atoms with Crippen LogP contribution in [0, 0.1) is 0 Å². The summed E-state index contributed by atoms with van der Waals surface area (Å²) in [5.74, 6) is -0.174. The molecule has 0 saturated heterocycles. The van der Waals surface area contributed by atoms with Gasteiger partial charge in [-0.25, -0.2) is 0 Å². The Kier molecular flexibility index (Phi) is 6.47. The van der Waals surface area contributed by atoms with Crippen LogP contribution in [-0.4, -0.2) is 30.0 Å². The van der Waals surface area contributed by atoms with E-state index in [-0.39, 0.29) is 32.0 Å². The lowest BCUT2D eigenvalue weighted by Gasteiger charge is -2.23. The van der Waals surface area contributed by atoms with Gasteiger partial charge >= 0.3 is 0 Å². The minimum absolute atomic E-state index is 0.174. The highest BCUT2D eigenvalue weighted by atomic mass is 79.9. The van der Waals surface area contributed by atoms with Crippen LogP contribution in [0.5, 0.6) is 5.75 Å². The van der Waals surface area contributed by atoms with Crippen molar-refractivity contribution in [3.05, 3.63) is 39.7 Å². The number of halogens is 2. The van der Waals surface area contributed by atoms with Crippen molar-refractivity contribution in [2.45, 2.75) is 48.6 Å². The van der Waals surface area contributed by atoms with E-state index in [1.54, 1.807) is 12.1 Å². The molecule has 2 aromatic rings. The molecular formula is C17H21Br2NO4. The molecule has 0 saturated carbocycles. The van der Waals surface area contributed by atoms with Crippen molar-refractivity contribution >= 4 is 42.8 Å². The van der Waals surface area contributed by atoms with Crippen LogP contribution in [0.25, 0.3) is 10.9 Å². The van der Waals surface area contributed by atoms with Crippen molar-refractivity contribution in [3.63, 3.8) is 0 Å². The zero-order chi connectivity index (χ0) is 18.0. The van der Waals surface area contributed by atoms with Crippen molar-refractivity contribution in [1.82, 2.24) is 4.98 Å². The highest BCUT2D eigenvalue weighted by Gasteiger charge is 2.26. The molecule has 4 atom stereocenters. The fourth-order valence-corrected chi connectivity index (χ4v) is 3.24. The fraction of sp³-hybridized carbons (Fsp3) is 0.471. The van der Waals surface area contributed by atoms with Crippen LogP contribution in [-0.2, 0) is 0 Å². The molecule has 1 aromatic carbocycles. The quantitative estimate of drug-likeness (QED) is 0.493. The maximum Gasteiger partial charge on any atom is 0.248 e. The lowest BCUT2D eigenvalue weighted by Crippen LogP contribution is -2.16. The zero-order valence-corrected chi connectivity index (χ0v) is 16.6. The van der Waals surface area contributed by atoms with Gasteiger partial charge in [0.15, 0.2) is 0 Å². The predicted octanol–water partition coefficient (Wildman–Crippen LogP) is 3.65. The number of aliphatic hydroxyl groups excluding tert-OH is 2. The maximum atomic E-state index is 11.7. The Labute approximate surface area is 157 Å². The number of benzene rings is 1. The summed E-state index contributed by atoms with van der Waals surface area (Å²) in [4.78, 5) is 13.8. The van der Waals surface area contributed by atoms with Crippen molar-refractivity contribution < 1.29 is 15.3 Å². The first-order valence-corrected chi connectivity index (χ1v) is 9.67. The number of fused-ring (bicyclic) bond motifs is 1.